The first-order chi connectivity index (χ1) is 8.79. The number of hydrogen-bond donors (Lipinski definition) is 1. The highest BCUT2D eigenvalue weighted by Crippen LogP contribution is 2.46. The van der Waals surface area contributed by atoms with E-state index in [0.29, 0.717) is 0 Å². The van der Waals surface area contributed by atoms with Crippen molar-refractivity contribution in [3.8, 4) is 0 Å². The summed E-state index contributed by atoms with van der Waals surface area (Å²) in [6.07, 6.45) is 3.81. The van der Waals surface area contributed by atoms with Gasteiger partial charge in [0.1, 0.15) is 0 Å². The highest BCUT2D eigenvalue weighted by atomic mass is 32.2. The lowest BCUT2D eigenvalue weighted by atomic mass is 10.1. The molecule has 0 unspecified atom stereocenters. The molecule has 1 nitrogen and oxygen atoms in total. The van der Waals surface area contributed by atoms with Gasteiger partial charge in [-0.15, -0.1) is 0 Å². The summed E-state index contributed by atoms with van der Waals surface area (Å²) in [4.78, 5) is 2.73. The number of nitrogens with one attached hydrogen (secondary N) is 1. The molecule has 1 aliphatic carbocycles. The molecule has 0 amide bonds. The molecule has 18 heavy (non-hydrogen) atoms. The predicted molar refractivity (Wildman–Crippen MR) is 77.1 cm³/mol. The van der Waals surface area contributed by atoms with Crippen LogP contribution in [0.15, 0.2) is 40.1 Å². The van der Waals surface area contributed by atoms with E-state index in [9.17, 15) is 0 Å². The van der Waals surface area contributed by atoms with Crippen LogP contribution in [0.1, 0.15) is 23.1 Å². The maximum Gasteiger partial charge on any atom is 0.0529 e. The smallest absolute Gasteiger partial charge is 0.0529 e. The topological polar surface area (TPSA) is 12.0 Å². The first-order valence-electron chi connectivity index (χ1n) is 6.51. The van der Waals surface area contributed by atoms with E-state index in [1.165, 1.54) is 51.6 Å². The van der Waals surface area contributed by atoms with Gasteiger partial charge in [-0.05, 0) is 67.1 Å². The average molecular weight is 253 g/mol. The molecule has 1 aliphatic heterocycles. The van der Waals surface area contributed by atoms with Crippen molar-refractivity contribution >= 4 is 23.1 Å². The summed E-state index contributed by atoms with van der Waals surface area (Å²) in [5.74, 6) is 0. The van der Waals surface area contributed by atoms with Crippen LogP contribution in [0.3, 0.4) is 0 Å². The first kappa shape index (κ1) is 10.5. The van der Waals surface area contributed by atoms with Crippen LogP contribution in [0.5, 0.6) is 0 Å². The highest BCUT2D eigenvalue weighted by molar-refractivity contribution is 7.99. The van der Waals surface area contributed by atoms with Gasteiger partial charge in [-0.25, -0.2) is 0 Å². The van der Waals surface area contributed by atoms with E-state index in [1.54, 1.807) is 5.56 Å². The van der Waals surface area contributed by atoms with E-state index in [2.05, 4.69) is 42.6 Å². The van der Waals surface area contributed by atoms with Gasteiger partial charge in [0, 0.05) is 9.79 Å². The molecule has 4 rings (SSSR count). The average Bonchev–Trinajstić information content (AvgIpc) is 2.80. The third-order valence-corrected chi connectivity index (χ3v) is 4.94. The van der Waals surface area contributed by atoms with Gasteiger partial charge in [0.2, 0.25) is 0 Å². The molecule has 2 aromatic carbocycles. The molecule has 2 aliphatic rings. The van der Waals surface area contributed by atoms with Crippen LogP contribution < -0.4 is 5.32 Å². The first-order valence-corrected chi connectivity index (χ1v) is 7.32. The molecule has 0 saturated heterocycles. The number of aryl methyl sites for hydroxylation is 3. The van der Waals surface area contributed by atoms with E-state index < -0.39 is 0 Å². The maximum absolute atomic E-state index is 3.58. The molecule has 0 fully saturated rings. The lowest BCUT2D eigenvalue weighted by molar-refractivity contribution is 0.911. The SMILES string of the molecule is Cc1ccc2c(c1)Sc1cc3c(cc1N2)CCC3. The molecule has 0 bridgehead atoms. The molecule has 0 radical (unpaired) electrons. The highest BCUT2D eigenvalue weighted by Gasteiger charge is 2.20. The van der Waals surface area contributed by atoms with E-state index in [4.69, 9.17) is 0 Å². The second-order valence-corrected chi connectivity index (χ2v) is 6.28. The summed E-state index contributed by atoms with van der Waals surface area (Å²) in [6.45, 7) is 2.15. The number of hydrogen-bond acceptors (Lipinski definition) is 2. The third-order valence-electron chi connectivity index (χ3n) is 3.82. The van der Waals surface area contributed by atoms with Crippen LogP contribution >= 0.6 is 11.8 Å². The van der Waals surface area contributed by atoms with E-state index in [-0.39, 0.29) is 0 Å². The summed E-state index contributed by atoms with van der Waals surface area (Å²) in [5, 5.41) is 3.58. The Morgan fingerprint density at radius 2 is 1.72 bits per heavy atom. The Balaban J connectivity index is 1.83. The van der Waals surface area contributed by atoms with Crippen molar-refractivity contribution in [2.75, 3.05) is 5.32 Å². The van der Waals surface area contributed by atoms with E-state index in [1.807, 2.05) is 11.8 Å². The fourth-order valence-corrected chi connectivity index (χ4v) is 4.00. The zero-order chi connectivity index (χ0) is 12.1. The number of benzene rings is 2. The number of fused-ring (bicyclic) bond motifs is 3. The normalized spacial score (nSPS) is 15.6. The van der Waals surface area contributed by atoms with Crippen molar-refractivity contribution in [1.82, 2.24) is 0 Å². The molecule has 0 saturated carbocycles. The predicted octanol–water partition coefficient (Wildman–Crippen LogP) is 4.69. The lowest BCUT2D eigenvalue weighted by Gasteiger charge is -2.22. The van der Waals surface area contributed by atoms with Crippen LogP contribution in [0.4, 0.5) is 11.4 Å². The zero-order valence-corrected chi connectivity index (χ0v) is 11.2. The maximum atomic E-state index is 3.58. The summed E-state index contributed by atoms with van der Waals surface area (Å²) in [6, 6.07) is 11.4. The van der Waals surface area contributed by atoms with E-state index >= 15 is 0 Å². The fourth-order valence-electron chi connectivity index (χ4n) is 2.86. The van der Waals surface area contributed by atoms with Crippen molar-refractivity contribution in [3.05, 3.63) is 47.0 Å². The minimum Gasteiger partial charge on any atom is -0.354 e. The Morgan fingerprint density at radius 3 is 2.61 bits per heavy atom. The molecule has 0 spiro atoms. The molecule has 90 valence electrons. The van der Waals surface area contributed by atoms with Gasteiger partial charge in [0.05, 0.1) is 11.4 Å². The standard InChI is InChI=1S/C16H15NS/c1-10-5-6-13-15(7-10)18-16-9-12-4-2-3-11(12)8-14(16)17-13/h5-9,17H,2-4H2,1H3. The van der Waals surface area contributed by atoms with Gasteiger partial charge >= 0.3 is 0 Å². The Bertz CT molecular complexity index is 646. The molecular weight excluding hydrogens is 238 g/mol. The molecular formula is C16H15NS. The Labute approximate surface area is 112 Å². The van der Waals surface area contributed by atoms with Gasteiger partial charge in [-0.3, -0.25) is 0 Å². The summed E-state index contributed by atoms with van der Waals surface area (Å²) in [5.41, 5.74) is 6.96. The molecule has 1 heterocycles. The van der Waals surface area contributed by atoms with Gasteiger partial charge in [-0.2, -0.15) is 0 Å². The van der Waals surface area contributed by atoms with Crippen LogP contribution in [0.25, 0.3) is 0 Å². The lowest BCUT2D eigenvalue weighted by Crippen LogP contribution is -2.01. The monoisotopic (exact) mass is 253 g/mol. The van der Waals surface area contributed by atoms with Gasteiger partial charge in [-0.1, -0.05) is 17.8 Å². The Morgan fingerprint density at radius 1 is 0.944 bits per heavy atom. The molecule has 0 aromatic heterocycles. The Kier molecular flexibility index (Phi) is 2.21. The minimum absolute atomic E-state index is 1.25. The minimum atomic E-state index is 1.25. The van der Waals surface area contributed by atoms with Crippen LogP contribution in [-0.2, 0) is 12.8 Å². The summed E-state index contributed by atoms with van der Waals surface area (Å²) in [7, 11) is 0. The zero-order valence-electron chi connectivity index (χ0n) is 10.4. The number of anilines is 2. The van der Waals surface area contributed by atoms with Crippen LogP contribution in [0.2, 0.25) is 0 Å². The van der Waals surface area contributed by atoms with Gasteiger partial charge < -0.3 is 5.32 Å². The molecule has 0 atom stereocenters. The van der Waals surface area contributed by atoms with Crippen molar-refractivity contribution in [3.63, 3.8) is 0 Å². The van der Waals surface area contributed by atoms with Crippen LogP contribution in [0, 0.1) is 6.92 Å². The molecule has 1 N–H and O–H groups in total. The molecule has 2 aromatic rings. The largest absolute Gasteiger partial charge is 0.354 e. The van der Waals surface area contributed by atoms with Crippen molar-refractivity contribution < 1.29 is 0 Å². The van der Waals surface area contributed by atoms with Crippen molar-refractivity contribution in [2.45, 2.75) is 36.0 Å². The van der Waals surface area contributed by atoms with Crippen molar-refractivity contribution in [2.24, 2.45) is 0 Å². The molecule has 2 heteroatoms. The van der Waals surface area contributed by atoms with Gasteiger partial charge in [0.15, 0.2) is 0 Å². The second-order valence-electron chi connectivity index (χ2n) is 5.20. The third kappa shape index (κ3) is 1.56. The van der Waals surface area contributed by atoms with Crippen molar-refractivity contribution in [1.29, 1.82) is 0 Å². The van der Waals surface area contributed by atoms with Crippen LogP contribution in [-0.4, -0.2) is 0 Å². The summed E-state index contributed by atoms with van der Waals surface area (Å²) >= 11 is 1.90. The second kappa shape index (κ2) is 3.79. The quantitative estimate of drug-likeness (QED) is 0.623. The number of rotatable bonds is 0. The summed E-state index contributed by atoms with van der Waals surface area (Å²) < 4.78 is 0. The van der Waals surface area contributed by atoms with E-state index in [0.717, 1.165) is 0 Å². The van der Waals surface area contributed by atoms with Gasteiger partial charge in [0.25, 0.3) is 0 Å². The fraction of sp³-hybridized carbons (Fsp3) is 0.250. The Hall–Kier alpha value is -1.41.